The summed E-state index contributed by atoms with van der Waals surface area (Å²) in [5, 5.41) is 29.9. The van der Waals surface area contributed by atoms with Crippen LogP contribution in [-0.2, 0) is 9.53 Å². The summed E-state index contributed by atoms with van der Waals surface area (Å²) < 4.78 is 4.20. The Bertz CT molecular complexity index is 131. The fraction of sp³-hybridized carbons (Fsp3) is 0.400. The lowest BCUT2D eigenvalue weighted by molar-refractivity contribution is -0.158. The van der Waals surface area contributed by atoms with Gasteiger partial charge >= 0.3 is 13.3 Å². The maximum atomic E-state index is 10.1. The van der Waals surface area contributed by atoms with Gasteiger partial charge in [0.25, 0.3) is 0 Å². The van der Waals surface area contributed by atoms with Gasteiger partial charge in [0.2, 0.25) is 0 Å². The summed E-state index contributed by atoms with van der Waals surface area (Å²) in [4.78, 5) is 10.1. The molecule has 1 unspecified atom stereocenters. The van der Waals surface area contributed by atoms with E-state index in [1.165, 1.54) is 6.92 Å². The molecule has 12 heavy (non-hydrogen) atoms. The van der Waals surface area contributed by atoms with Crippen LogP contribution in [0.5, 0.6) is 0 Å². The minimum absolute atomic E-state index is 0.611. The molecule has 0 bridgehead atoms. The molecular weight excluding hydrogens is 167 g/mol. The summed E-state index contributed by atoms with van der Waals surface area (Å²) in [5.74, 6) is -0.611. The monoisotopic (exact) mass is 178 g/mol. The van der Waals surface area contributed by atoms with Gasteiger partial charge in [-0.25, -0.2) is 4.79 Å². The molecule has 0 aliphatic rings. The van der Waals surface area contributed by atoms with E-state index >= 15 is 0 Å². The van der Waals surface area contributed by atoms with Crippen LogP contribution >= 0.6 is 0 Å². The average molecular weight is 178 g/mol. The molecule has 0 fully saturated rings. The highest BCUT2D eigenvalue weighted by molar-refractivity contribution is 6.30. The molecule has 0 rings (SSSR count). The van der Waals surface area contributed by atoms with Crippen LogP contribution in [0.15, 0.2) is 12.7 Å². The van der Waals surface area contributed by atoms with E-state index in [0.717, 1.165) is 6.08 Å². The van der Waals surface area contributed by atoms with Crippen molar-refractivity contribution in [2.45, 2.75) is 13.2 Å². The summed E-state index contributed by atoms with van der Waals surface area (Å²) in [5.41, 5.74) is 0. The molecule has 7 heteroatoms. The first-order valence-corrected chi connectivity index (χ1v) is 2.95. The third-order valence-electron chi connectivity index (χ3n) is 0.453. The fourth-order valence-corrected chi connectivity index (χ4v) is 0.216. The van der Waals surface area contributed by atoms with E-state index in [0.29, 0.717) is 0 Å². The normalized spacial score (nSPS) is 10.4. The maximum Gasteiger partial charge on any atom is 0.631 e. The minimum atomic E-state index is -2.17. The van der Waals surface area contributed by atoms with Gasteiger partial charge in [-0.05, 0) is 6.92 Å². The number of ether oxygens (including phenoxy) is 1. The van der Waals surface area contributed by atoms with Crippen LogP contribution in [0.3, 0.4) is 0 Å². The summed E-state index contributed by atoms with van der Waals surface area (Å²) >= 11 is 0. The predicted octanol–water partition coefficient (Wildman–Crippen LogP) is -2.00. The van der Waals surface area contributed by atoms with Crippen LogP contribution in [0.25, 0.3) is 0 Å². The van der Waals surface area contributed by atoms with Gasteiger partial charge < -0.3 is 24.9 Å². The van der Waals surface area contributed by atoms with Crippen molar-refractivity contribution in [3.05, 3.63) is 12.7 Å². The summed E-state index contributed by atoms with van der Waals surface area (Å²) in [6.45, 7) is 4.48. The van der Waals surface area contributed by atoms with E-state index in [1.54, 1.807) is 0 Å². The van der Waals surface area contributed by atoms with Crippen molar-refractivity contribution < 1.29 is 29.7 Å². The highest BCUT2D eigenvalue weighted by Crippen LogP contribution is 1.84. The van der Waals surface area contributed by atoms with E-state index < -0.39 is 19.6 Å². The molecule has 0 aliphatic carbocycles. The topological polar surface area (TPSA) is 107 Å². The molecule has 0 heterocycles. The van der Waals surface area contributed by atoms with Crippen LogP contribution in [0.1, 0.15) is 6.92 Å². The van der Waals surface area contributed by atoms with Crippen molar-refractivity contribution in [2.75, 3.05) is 0 Å². The van der Waals surface area contributed by atoms with Crippen LogP contribution in [0, 0.1) is 0 Å². The first-order chi connectivity index (χ1) is 5.40. The van der Waals surface area contributed by atoms with Gasteiger partial charge in [0.1, 0.15) is 0 Å². The Hall–Kier alpha value is -0.885. The number of rotatable bonds is 2. The Balaban J connectivity index is 0. The van der Waals surface area contributed by atoms with E-state index in [2.05, 4.69) is 11.3 Å². The van der Waals surface area contributed by atoms with Crippen LogP contribution < -0.4 is 0 Å². The molecule has 1 atom stereocenters. The molecule has 70 valence electrons. The zero-order valence-corrected chi connectivity index (χ0v) is 6.54. The first-order valence-electron chi connectivity index (χ1n) is 2.95. The maximum absolute atomic E-state index is 10.1. The van der Waals surface area contributed by atoms with Crippen molar-refractivity contribution in [3.8, 4) is 0 Å². The molecule has 0 radical (unpaired) electrons. The van der Waals surface area contributed by atoms with Crippen molar-refractivity contribution in [2.24, 2.45) is 0 Å². The Morgan fingerprint density at radius 2 is 1.92 bits per heavy atom. The molecule has 0 saturated heterocycles. The second kappa shape index (κ2) is 8.21. The van der Waals surface area contributed by atoms with Crippen LogP contribution in [0.4, 0.5) is 0 Å². The van der Waals surface area contributed by atoms with E-state index in [-0.39, 0.29) is 0 Å². The summed E-state index contributed by atoms with van der Waals surface area (Å²) in [6.07, 6.45) is -0.0484. The standard InChI is InChI=1S/C5H8O3.BH3O3/c1-3-5(7)8-4(2)6;2-1(3)4/h3-4,6H,1H2,2H3;2-4H. The third-order valence-corrected chi connectivity index (χ3v) is 0.453. The molecule has 0 saturated carbocycles. The number of carbonyl (C=O) groups is 1. The molecular formula is C5H11BO6. The Labute approximate surface area is 69.9 Å². The lowest BCUT2D eigenvalue weighted by Crippen LogP contribution is -2.10. The number of hydrogen-bond donors (Lipinski definition) is 4. The second-order valence-electron chi connectivity index (χ2n) is 1.59. The smallest absolute Gasteiger partial charge is 0.433 e. The molecule has 0 aromatic heterocycles. The van der Waals surface area contributed by atoms with Crippen molar-refractivity contribution >= 4 is 13.3 Å². The van der Waals surface area contributed by atoms with Crippen LogP contribution in [0.2, 0.25) is 0 Å². The predicted molar refractivity (Wildman–Crippen MR) is 40.4 cm³/mol. The number of esters is 1. The molecule has 0 aromatic rings. The van der Waals surface area contributed by atoms with Gasteiger partial charge in [0.15, 0.2) is 6.29 Å². The average Bonchev–Trinajstić information content (AvgIpc) is 1.84. The molecule has 0 aliphatic heterocycles. The number of aliphatic hydroxyl groups is 1. The molecule has 6 nitrogen and oxygen atoms in total. The van der Waals surface area contributed by atoms with Crippen LogP contribution in [-0.4, -0.2) is 39.8 Å². The molecule has 4 N–H and O–H groups in total. The number of aliphatic hydroxyl groups excluding tert-OH is 1. The van der Waals surface area contributed by atoms with E-state index in [1.807, 2.05) is 0 Å². The zero-order valence-electron chi connectivity index (χ0n) is 6.54. The van der Waals surface area contributed by atoms with E-state index in [9.17, 15) is 4.79 Å². The zero-order chi connectivity index (χ0) is 10.1. The largest absolute Gasteiger partial charge is 0.631 e. The van der Waals surface area contributed by atoms with Gasteiger partial charge in [-0.3, -0.25) is 0 Å². The SMILES string of the molecule is C=CC(=O)OC(C)O.OB(O)O. The highest BCUT2D eigenvalue weighted by Gasteiger charge is 1.97. The van der Waals surface area contributed by atoms with Crippen molar-refractivity contribution in [3.63, 3.8) is 0 Å². The summed E-state index contributed by atoms with van der Waals surface area (Å²) in [7, 11) is -2.17. The molecule has 0 amide bonds. The van der Waals surface area contributed by atoms with Gasteiger partial charge in [-0.2, -0.15) is 0 Å². The highest BCUT2D eigenvalue weighted by atomic mass is 16.6. The van der Waals surface area contributed by atoms with Gasteiger partial charge in [-0.15, -0.1) is 0 Å². The number of carbonyl (C=O) groups excluding carboxylic acids is 1. The Morgan fingerprint density at radius 3 is 2.00 bits per heavy atom. The number of hydrogen-bond acceptors (Lipinski definition) is 6. The lowest BCUT2D eigenvalue weighted by atomic mass is 10.3. The van der Waals surface area contributed by atoms with Crippen molar-refractivity contribution in [1.82, 2.24) is 0 Å². The Kier molecular flexibility index (Phi) is 9.37. The third kappa shape index (κ3) is 22.9. The lowest BCUT2D eigenvalue weighted by Gasteiger charge is -2.01. The quantitative estimate of drug-likeness (QED) is 0.168. The van der Waals surface area contributed by atoms with Gasteiger partial charge in [0, 0.05) is 6.08 Å². The minimum Gasteiger partial charge on any atom is -0.433 e. The first kappa shape index (κ1) is 13.7. The van der Waals surface area contributed by atoms with Crippen molar-refractivity contribution in [1.29, 1.82) is 0 Å². The Morgan fingerprint density at radius 1 is 1.58 bits per heavy atom. The molecule has 0 aromatic carbocycles. The van der Waals surface area contributed by atoms with E-state index in [4.69, 9.17) is 20.2 Å². The fourth-order valence-electron chi connectivity index (χ4n) is 0.216. The second-order valence-corrected chi connectivity index (χ2v) is 1.59. The summed E-state index contributed by atoms with van der Waals surface area (Å²) in [6, 6.07) is 0. The van der Waals surface area contributed by atoms with Gasteiger partial charge in [-0.1, -0.05) is 6.58 Å². The van der Waals surface area contributed by atoms with Gasteiger partial charge in [0.05, 0.1) is 0 Å². The molecule has 0 spiro atoms.